The SMILES string of the molecule is CN(C)C(=O)CN=C(NCC1CCCO1)N(C)CCOCC1CC1.I. The van der Waals surface area contributed by atoms with E-state index in [-0.39, 0.29) is 42.5 Å². The molecule has 7 nitrogen and oxygen atoms in total. The molecule has 146 valence electrons. The number of hydrogen-bond acceptors (Lipinski definition) is 4. The summed E-state index contributed by atoms with van der Waals surface area (Å²) < 4.78 is 11.3. The second-order valence-electron chi connectivity index (χ2n) is 6.88. The number of aliphatic imine (C=N–C) groups is 1. The number of halogens is 1. The lowest BCUT2D eigenvalue weighted by Gasteiger charge is -2.24. The van der Waals surface area contributed by atoms with E-state index in [0.29, 0.717) is 6.61 Å². The molecule has 1 saturated heterocycles. The van der Waals surface area contributed by atoms with E-state index in [9.17, 15) is 4.79 Å². The third kappa shape index (κ3) is 9.05. The smallest absolute Gasteiger partial charge is 0.243 e. The van der Waals surface area contributed by atoms with Crippen molar-refractivity contribution in [3.63, 3.8) is 0 Å². The molecule has 0 spiro atoms. The number of carbonyl (C=O) groups is 1. The molecule has 2 rings (SSSR count). The Kier molecular flexibility index (Phi) is 10.7. The molecule has 2 aliphatic rings. The Bertz CT molecular complexity index is 424. The molecule has 0 aromatic rings. The topological polar surface area (TPSA) is 66.4 Å². The van der Waals surface area contributed by atoms with Gasteiger partial charge in [-0.25, -0.2) is 4.99 Å². The highest BCUT2D eigenvalue weighted by Crippen LogP contribution is 2.28. The minimum atomic E-state index is -0.00944. The Morgan fingerprint density at radius 3 is 2.64 bits per heavy atom. The van der Waals surface area contributed by atoms with Gasteiger partial charge in [0.05, 0.1) is 12.7 Å². The fourth-order valence-corrected chi connectivity index (χ4v) is 2.45. The first-order valence-electron chi connectivity index (χ1n) is 8.95. The van der Waals surface area contributed by atoms with Crippen LogP contribution in [0.1, 0.15) is 25.7 Å². The van der Waals surface area contributed by atoms with Crippen molar-refractivity contribution >= 4 is 35.8 Å². The summed E-state index contributed by atoms with van der Waals surface area (Å²) in [5.41, 5.74) is 0. The predicted octanol–water partition coefficient (Wildman–Crippen LogP) is 1.18. The third-order valence-corrected chi connectivity index (χ3v) is 4.36. The van der Waals surface area contributed by atoms with Gasteiger partial charge in [-0.05, 0) is 31.6 Å². The maximum Gasteiger partial charge on any atom is 0.243 e. The van der Waals surface area contributed by atoms with Crippen LogP contribution in [-0.4, -0.2) is 88.4 Å². The zero-order valence-corrected chi connectivity index (χ0v) is 18.0. The molecule has 1 heterocycles. The molecule has 0 bridgehead atoms. The largest absolute Gasteiger partial charge is 0.379 e. The summed E-state index contributed by atoms with van der Waals surface area (Å²) >= 11 is 0. The maximum absolute atomic E-state index is 11.8. The number of ether oxygens (including phenoxy) is 2. The fraction of sp³-hybridized carbons (Fsp3) is 0.882. The molecular formula is C17H33IN4O3. The highest BCUT2D eigenvalue weighted by Gasteiger charge is 2.21. The second-order valence-corrected chi connectivity index (χ2v) is 6.88. The van der Waals surface area contributed by atoms with Gasteiger partial charge in [0.2, 0.25) is 5.91 Å². The number of amides is 1. The van der Waals surface area contributed by atoms with Crippen molar-refractivity contribution in [2.24, 2.45) is 10.9 Å². The van der Waals surface area contributed by atoms with Gasteiger partial charge in [-0.3, -0.25) is 4.79 Å². The Morgan fingerprint density at radius 2 is 2.04 bits per heavy atom. The van der Waals surface area contributed by atoms with Gasteiger partial charge in [-0.1, -0.05) is 0 Å². The van der Waals surface area contributed by atoms with E-state index in [1.807, 2.05) is 11.9 Å². The van der Waals surface area contributed by atoms with E-state index in [1.54, 1.807) is 19.0 Å². The van der Waals surface area contributed by atoms with Gasteiger partial charge < -0.3 is 24.6 Å². The predicted molar refractivity (Wildman–Crippen MR) is 110 cm³/mol. The fourth-order valence-electron chi connectivity index (χ4n) is 2.45. The summed E-state index contributed by atoms with van der Waals surface area (Å²) in [7, 11) is 5.46. The number of carbonyl (C=O) groups excluding carboxylic acids is 1. The molecule has 1 amide bonds. The lowest BCUT2D eigenvalue weighted by molar-refractivity contribution is -0.127. The summed E-state index contributed by atoms with van der Waals surface area (Å²) in [5, 5.41) is 3.34. The van der Waals surface area contributed by atoms with Crippen LogP contribution in [0.5, 0.6) is 0 Å². The van der Waals surface area contributed by atoms with Crippen LogP contribution in [0, 0.1) is 5.92 Å². The van der Waals surface area contributed by atoms with Gasteiger partial charge in [0.1, 0.15) is 6.54 Å². The van der Waals surface area contributed by atoms with Gasteiger partial charge in [0.15, 0.2) is 5.96 Å². The summed E-state index contributed by atoms with van der Waals surface area (Å²) in [4.78, 5) is 19.8. The van der Waals surface area contributed by atoms with E-state index < -0.39 is 0 Å². The van der Waals surface area contributed by atoms with Crippen molar-refractivity contribution in [3.8, 4) is 0 Å². The normalized spacial score (nSPS) is 20.1. The van der Waals surface area contributed by atoms with Gasteiger partial charge in [-0.15, -0.1) is 24.0 Å². The monoisotopic (exact) mass is 468 g/mol. The van der Waals surface area contributed by atoms with Crippen LogP contribution in [0.15, 0.2) is 4.99 Å². The lowest BCUT2D eigenvalue weighted by atomic mass is 10.2. The molecule has 8 heteroatoms. The summed E-state index contributed by atoms with van der Waals surface area (Å²) in [6, 6.07) is 0. The molecule has 2 fully saturated rings. The Morgan fingerprint density at radius 1 is 1.28 bits per heavy atom. The summed E-state index contributed by atoms with van der Waals surface area (Å²) in [6.45, 7) is 4.00. The Balaban J connectivity index is 0.00000312. The van der Waals surface area contributed by atoms with Crippen LogP contribution in [0.3, 0.4) is 0 Å². The van der Waals surface area contributed by atoms with Gasteiger partial charge in [0, 0.05) is 47.4 Å². The molecule has 1 N–H and O–H groups in total. The van der Waals surface area contributed by atoms with Gasteiger partial charge in [-0.2, -0.15) is 0 Å². The van der Waals surface area contributed by atoms with Crippen LogP contribution in [0.2, 0.25) is 0 Å². The van der Waals surface area contributed by atoms with Crippen molar-refractivity contribution in [2.45, 2.75) is 31.8 Å². The molecule has 1 aliphatic heterocycles. The quantitative estimate of drug-likeness (QED) is 0.238. The van der Waals surface area contributed by atoms with Crippen molar-refractivity contribution in [1.29, 1.82) is 0 Å². The highest BCUT2D eigenvalue weighted by atomic mass is 127. The minimum absolute atomic E-state index is 0. The Labute approximate surface area is 168 Å². The zero-order valence-electron chi connectivity index (χ0n) is 15.7. The molecule has 1 aliphatic carbocycles. The average Bonchev–Trinajstić information content (AvgIpc) is 3.24. The molecule has 0 aromatic heterocycles. The first kappa shape index (κ1) is 22.4. The number of likely N-dealkylation sites (N-methyl/N-ethyl adjacent to an activating group) is 2. The lowest BCUT2D eigenvalue weighted by Crippen LogP contribution is -2.44. The third-order valence-electron chi connectivity index (χ3n) is 4.36. The standard InChI is InChI=1S/C17H32N4O3.HI/c1-20(2)16(22)12-19-17(18-11-15-5-4-9-24-15)21(3)8-10-23-13-14-6-7-14;/h14-15H,4-13H2,1-3H3,(H,18,19);1H. The van der Waals surface area contributed by atoms with Crippen molar-refractivity contribution in [2.75, 3.05) is 60.6 Å². The Hall–Kier alpha value is -0.610. The number of hydrogen-bond donors (Lipinski definition) is 1. The summed E-state index contributed by atoms with van der Waals surface area (Å²) in [6.07, 6.45) is 5.03. The number of nitrogens with one attached hydrogen (secondary N) is 1. The van der Waals surface area contributed by atoms with E-state index in [0.717, 1.165) is 51.0 Å². The van der Waals surface area contributed by atoms with E-state index >= 15 is 0 Å². The number of rotatable bonds is 9. The first-order chi connectivity index (χ1) is 11.6. The van der Waals surface area contributed by atoms with Crippen molar-refractivity contribution in [1.82, 2.24) is 15.1 Å². The van der Waals surface area contributed by atoms with Crippen LogP contribution in [0.4, 0.5) is 0 Å². The number of guanidine groups is 1. The van der Waals surface area contributed by atoms with Crippen molar-refractivity contribution < 1.29 is 14.3 Å². The average molecular weight is 468 g/mol. The van der Waals surface area contributed by atoms with Gasteiger partial charge >= 0.3 is 0 Å². The molecule has 25 heavy (non-hydrogen) atoms. The zero-order chi connectivity index (χ0) is 17.4. The second kappa shape index (κ2) is 11.9. The number of nitrogens with zero attached hydrogens (tertiary/aromatic N) is 3. The van der Waals surface area contributed by atoms with Gasteiger partial charge in [0.25, 0.3) is 0 Å². The van der Waals surface area contributed by atoms with E-state index in [1.165, 1.54) is 12.8 Å². The molecule has 1 atom stereocenters. The molecule has 0 radical (unpaired) electrons. The van der Waals surface area contributed by atoms with Crippen LogP contribution >= 0.6 is 24.0 Å². The van der Waals surface area contributed by atoms with Crippen molar-refractivity contribution in [3.05, 3.63) is 0 Å². The van der Waals surface area contributed by atoms with Crippen LogP contribution in [0.25, 0.3) is 0 Å². The first-order valence-corrected chi connectivity index (χ1v) is 8.95. The molecule has 0 aromatic carbocycles. The maximum atomic E-state index is 11.8. The molecular weight excluding hydrogens is 435 g/mol. The summed E-state index contributed by atoms with van der Waals surface area (Å²) in [5.74, 6) is 1.50. The van der Waals surface area contributed by atoms with E-state index in [2.05, 4.69) is 10.3 Å². The minimum Gasteiger partial charge on any atom is -0.379 e. The van der Waals surface area contributed by atoms with Crippen LogP contribution in [-0.2, 0) is 14.3 Å². The van der Waals surface area contributed by atoms with E-state index in [4.69, 9.17) is 9.47 Å². The van der Waals surface area contributed by atoms with Crippen LogP contribution < -0.4 is 5.32 Å². The molecule has 1 saturated carbocycles. The molecule has 1 unspecified atom stereocenters. The highest BCUT2D eigenvalue weighted by molar-refractivity contribution is 14.0.